The molecule has 0 saturated heterocycles. The molecule has 318 valence electrons. The number of aromatic nitrogens is 3. The van der Waals surface area contributed by atoms with Crippen LogP contribution in [0.15, 0.2) is 254 Å². The van der Waals surface area contributed by atoms with Crippen molar-refractivity contribution in [1.82, 2.24) is 13.7 Å². The van der Waals surface area contributed by atoms with Crippen LogP contribution in [0.2, 0.25) is 0 Å². The maximum absolute atomic E-state index is 4.27. The zero-order valence-corrected chi connectivity index (χ0v) is 36.9. The van der Waals surface area contributed by atoms with Crippen LogP contribution in [0.3, 0.4) is 0 Å². The smallest absolute Gasteiger partial charge is 0.0853 e. The van der Waals surface area contributed by atoms with Crippen molar-refractivity contribution < 1.29 is 0 Å². The Kier molecular flexibility index (Phi) is 9.62. The van der Waals surface area contributed by atoms with Crippen molar-refractivity contribution in [3.8, 4) is 28.2 Å². The first-order valence-corrected chi connectivity index (χ1v) is 22.7. The minimum atomic E-state index is 0.609. The molecule has 0 unspecified atom stereocenters. The van der Waals surface area contributed by atoms with Crippen molar-refractivity contribution in [2.45, 2.75) is 6.54 Å². The van der Waals surface area contributed by atoms with Gasteiger partial charge in [0.1, 0.15) is 0 Å². The summed E-state index contributed by atoms with van der Waals surface area (Å²) < 4.78 is 7.23. The molecule has 0 radical (unpaired) electrons. The van der Waals surface area contributed by atoms with E-state index in [1.54, 1.807) is 6.08 Å². The molecule has 12 aromatic rings. The lowest BCUT2D eigenvalue weighted by atomic mass is 9.95. The number of anilines is 1. The summed E-state index contributed by atoms with van der Waals surface area (Å²) >= 11 is 0. The largest absolute Gasteiger partial charge is 0.335 e. The van der Waals surface area contributed by atoms with Crippen LogP contribution in [0.4, 0.5) is 5.69 Å². The number of hydrogen-bond acceptors (Lipinski definition) is 2. The third kappa shape index (κ3) is 6.35. The second-order valence-corrected chi connectivity index (χ2v) is 16.9. The number of hydrogen-bond donors (Lipinski definition) is 0. The van der Waals surface area contributed by atoms with Crippen molar-refractivity contribution in [2.24, 2.45) is 4.99 Å². The highest BCUT2D eigenvalue weighted by Gasteiger charge is 2.22. The molecule has 0 aliphatic rings. The average Bonchev–Trinajstić information content (AvgIpc) is 4.04. The molecule has 3 aromatic heterocycles. The van der Waals surface area contributed by atoms with Crippen LogP contribution in [0.25, 0.3) is 93.6 Å². The highest BCUT2D eigenvalue weighted by Crippen LogP contribution is 2.44. The number of para-hydroxylation sites is 5. The molecule has 9 aromatic carbocycles. The van der Waals surface area contributed by atoms with Gasteiger partial charge in [0, 0.05) is 61.6 Å². The lowest BCUT2D eigenvalue weighted by molar-refractivity contribution is 0.922. The van der Waals surface area contributed by atoms with E-state index in [1.165, 1.54) is 65.5 Å². The fraction of sp³-hybridized carbons (Fsp3) is 0.0161. The fourth-order valence-electron chi connectivity index (χ4n) is 10.5. The molecule has 5 nitrogen and oxygen atoms in total. The first kappa shape index (κ1) is 39.6. The topological polar surface area (TPSA) is 30.4 Å². The number of benzene rings is 9. The molecular formula is C62H45N5. The maximum atomic E-state index is 4.27. The Hall–Kier alpha value is -8.93. The number of fused-ring (bicyclic) bond motifs is 9. The standard InChI is InChI=1S/C62H45N5/c1-4-53(63-3)54(5-2)64(43-20-8-6-9-21-43)41-42-34-36-45(37-35-42)66-56-30-16-13-25-50(56)61-48(27-18-32-59(61)66)49-28-19-33-60-62(49)51-26-14-17-31-57(51)67(60)46-38-39-58-52(40-46)47-24-12-15-29-55(47)65(58)44-22-10-7-11-23-44/h4-40H,1-3,41H2/b54-53-. The summed E-state index contributed by atoms with van der Waals surface area (Å²) in [5.41, 5.74) is 16.5. The van der Waals surface area contributed by atoms with Crippen LogP contribution in [0.1, 0.15) is 5.56 Å². The number of aliphatic imine (C=N–C) groups is 1. The molecule has 0 amide bonds. The van der Waals surface area contributed by atoms with E-state index in [2.05, 4.69) is 238 Å². The minimum absolute atomic E-state index is 0.609. The van der Waals surface area contributed by atoms with E-state index in [9.17, 15) is 0 Å². The summed E-state index contributed by atoms with van der Waals surface area (Å²) in [6.45, 7) is 12.5. The van der Waals surface area contributed by atoms with E-state index in [4.69, 9.17) is 0 Å². The normalized spacial score (nSPS) is 12.1. The Morgan fingerprint density at radius 1 is 0.418 bits per heavy atom. The van der Waals surface area contributed by atoms with Crippen LogP contribution in [-0.2, 0) is 6.54 Å². The molecule has 5 heteroatoms. The van der Waals surface area contributed by atoms with Crippen molar-refractivity contribution >= 4 is 77.8 Å². The van der Waals surface area contributed by atoms with Gasteiger partial charge in [-0.05, 0) is 120 Å². The van der Waals surface area contributed by atoms with Gasteiger partial charge in [0.25, 0.3) is 0 Å². The van der Waals surface area contributed by atoms with Gasteiger partial charge in [-0.2, -0.15) is 0 Å². The molecule has 67 heavy (non-hydrogen) atoms. The van der Waals surface area contributed by atoms with E-state index in [1.807, 2.05) is 24.3 Å². The highest BCUT2D eigenvalue weighted by atomic mass is 15.1. The van der Waals surface area contributed by atoms with Gasteiger partial charge >= 0.3 is 0 Å². The van der Waals surface area contributed by atoms with Crippen LogP contribution in [0, 0.1) is 0 Å². The SMILES string of the molecule is C=C/C(N=C)=C(\C=C)N(Cc1ccc(-n2c3ccccc3c3c(-c4cccc5c4c4ccccc4n5-c4ccc5c(c4)c4ccccc4n5-c4ccccc4)cccc32)cc1)c1ccccc1. The Morgan fingerprint density at radius 2 is 0.881 bits per heavy atom. The molecule has 0 fully saturated rings. The van der Waals surface area contributed by atoms with E-state index in [0.717, 1.165) is 45.0 Å². The minimum Gasteiger partial charge on any atom is -0.335 e. The Labute approximate surface area is 389 Å². The predicted octanol–water partition coefficient (Wildman–Crippen LogP) is 15.9. The highest BCUT2D eigenvalue weighted by molar-refractivity contribution is 6.22. The lowest BCUT2D eigenvalue weighted by Gasteiger charge is -2.27. The Balaban J connectivity index is 1.01. The predicted molar refractivity (Wildman–Crippen MR) is 284 cm³/mol. The van der Waals surface area contributed by atoms with E-state index in [-0.39, 0.29) is 0 Å². The van der Waals surface area contributed by atoms with Gasteiger partial charge in [-0.1, -0.05) is 141 Å². The molecule has 0 aliphatic heterocycles. The first-order valence-electron chi connectivity index (χ1n) is 22.7. The number of allylic oxidation sites excluding steroid dienone is 2. The average molecular weight is 860 g/mol. The molecule has 0 atom stereocenters. The summed E-state index contributed by atoms with van der Waals surface area (Å²) in [5, 5.41) is 7.36. The summed E-state index contributed by atoms with van der Waals surface area (Å²) in [5.74, 6) is 0. The van der Waals surface area contributed by atoms with Crippen molar-refractivity contribution in [2.75, 3.05) is 4.90 Å². The zero-order chi connectivity index (χ0) is 45.0. The van der Waals surface area contributed by atoms with Gasteiger partial charge in [0.2, 0.25) is 0 Å². The second kappa shape index (κ2) is 16.3. The first-order chi connectivity index (χ1) is 33.1. The van der Waals surface area contributed by atoms with Gasteiger partial charge in [-0.3, -0.25) is 4.99 Å². The van der Waals surface area contributed by atoms with Crippen LogP contribution >= 0.6 is 0 Å². The molecule has 0 aliphatic carbocycles. The maximum Gasteiger partial charge on any atom is 0.0853 e. The van der Waals surface area contributed by atoms with E-state index >= 15 is 0 Å². The summed E-state index contributed by atoms with van der Waals surface area (Å²) in [4.78, 5) is 6.48. The second-order valence-electron chi connectivity index (χ2n) is 16.9. The Bertz CT molecular complexity index is 3930. The molecule has 0 saturated carbocycles. The summed E-state index contributed by atoms with van der Waals surface area (Å²) in [7, 11) is 0. The van der Waals surface area contributed by atoms with Gasteiger partial charge < -0.3 is 18.6 Å². The molecule has 0 spiro atoms. The van der Waals surface area contributed by atoms with Crippen LogP contribution < -0.4 is 4.90 Å². The van der Waals surface area contributed by atoms with Gasteiger partial charge in [0.15, 0.2) is 0 Å². The molecule has 0 bridgehead atoms. The van der Waals surface area contributed by atoms with E-state index in [0.29, 0.717) is 12.2 Å². The van der Waals surface area contributed by atoms with Gasteiger partial charge in [-0.15, -0.1) is 0 Å². The van der Waals surface area contributed by atoms with Crippen LogP contribution in [0.5, 0.6) is 0 Å². The van der Waals surface area contributed by atoms with Crippen molar-refractivity contribution in [3.05, 3.63) is 255 Å². The fourth-order valence-corrected chi connectivity index (χ4v) is 10.5. The van der Waals surface area contributed by atoms with Gasteiger partial charge in [0.05, 0.1) is 44.5 Å². The third-order valence-electron chi connectivity index (χ3n) is 13.3. The molecule has 0 N–H and O–H groups in total. The molecular weight excluding hydrogens is 815 g/mol. The summed E-state index contributed by atoms with van der Waals surface area (Å²) in [6, 6.07) is 76.8. The van der Waals surface area contributed by atoms with Crippen LogP contribution in [-0.4, -0.2) is 20.4 Å². The summed E-state index contributed by atoms with van der Waals surface area (Å²) in [6.07, 6.45) is 3.55. The van der Waals surface area contributed by atoms with E-state index < -0.39 is 0 Å². The van der Waals surface area contributed by atoms with Crippen molar-refractivity contribution in [1.29, 1.82) is 0 Å². The monoisotopic (exact) mass is 859 g/mol. The number of nitrogens with zero attached hydrogens (tertiary/aromatic N) is 5. The van der Waals surface area contributed by atoms with Crippen molar-refractivity contribution in [3.63, 3.8) is 0 Å². The Morgan fingerprint density at radius 3 is 1.46 bits per heavy atom. The quantitative estimate of drug-likeness (QED) is 0.0941. The zero-order valence-electron chi connectivity index (χ0n) is 36.9. The lowest BCUT2D eigenvalue weighted by Crippen LogP contribution is -2.22. The third-order valence-corrected chi connectivity index (χ3v) is 13.3. The molecule has 12 rings (SSSR count). The molecule has 3 heterocycles. The van der Waals surface area contributed by atoms with Gasteiger partial charge in [-0.25, -0.2) is 0 Å². The number of rotatable bonds is 11.